The molecule has 4 nitrogen and oxygen atoms in total. The molecule has 0 saturated heterocycles. The molecular formula is C14H12N2O2. The molecule has 1 heterocycles. The molecule has 0 aliphatic carbocycles. The maximum absolute atomic E-state index is 11.3. The predicted molar refractivity (Wildman–Crippen MR) is 70.6 cm³/mol. The summed E-state index contributed by atoms with van der Waals surface area (Å²) in [6.45, 7) is 0. The molecule has 1 aromatic carbocycles. The largest absolute Gasteiger partial charge is 0.478 e. The first-order chi connectivity index (χ1) is 8.66. The van der Waals surface area contributed by atoms with E-state index >= 15 is 0 Å². The van der Waals surface area contributed by atoms with E-state index in [1.807, 2.05) is 0 Å². The second-order valence-corrected chi connectivity index (χ2v) is 3.74. The molecule has 0 aliphatic heterocycles. The number of nitrogens with two attached hydrogens (primary N) is 1. The van der Waals surface area contributed by atoms with Crippen molar-refractivity contribution in [1.82, 2.24) is 4.98 Å². The van der Waals surface area contributed by atoms with Gasteiger partial charge < -0.3 is 10.8 Å². The van der Waals surface area contributed by atoms with E-state index in [2.05, 4.69) is 4.98 Å². The van der Waals surface area contributed by atoms with Crippen LogP contribution in [-0.2, 0) is 4.79 Å². The highest BCUT2D eigenvalue weighted by atomic mass is 16.4. The van der Waals surface area contributed by atoms with Crippen LogP contribution in [0.15, 0.2) is 48.7 Å². The molecule has 0 spiro atoms. The van der Waals surface area contributed by atoms with Gasteiger partial charge in [-0.25, -0.2) is 4.79 Å². The molecule has 0 amide bonds. The van der Waals surface area contributed by atoms with Gasteiger partial charge in [-0.2, -0.15) is 0 Å². The van der Waals surface area contributed by atoms with Crippen LogP contribution in [0.2, 0.25) is 0 Å². The number of carboxylic acids is 1. The fraction of sp³-hybridized carbons (Fsp3) is 0. The van der Waals surface area contributed by atoms with Crippen molar-refractivity contribution in [3.8, 4) is 0 Å². The molecule has 3 N–H and O–H groups in total. The molecule has 0 bridgehead atoms. The summed E-state index contributed by atoms with van der Waals surface area (Å²) < 4.78 is 0. The number of rotatable bonds is 3. The number of nitrogens with zero attached hydrogens (tertiary/aromatic N) is 1. The Kier molecular flexibility index (Phi) is 3.38. The molecule has 0 saturated carbocycles. The molecule has 4 heteroatoms. The Bertz CT molecular complexity index is 575. The van der Waals surface area contributed by atoms with Gasteiger partial charge in [0.1, 0.15) is 0 Å². The fourth-order valence-electron chi connectivity index (χ4n) is 1.54. The maximum atomic E-state index is 11.3. The third-order valence-electron chi connectivity index (χ3n) is 2.43. The number of pyridine rings is 1. The highest BCUT2D eigenvalue weighted by molar-refractivity contribution is 6.20. The van der Waals surface area contributed by atoms with Gasteiger partial charge in [0.15, 0.2) is 0 Å². The topological polar surface area (TPSA) is 76.2 Å². The van der Waals surface area contributed by atoms with Crippen molar-refractivity contribution < 1.29 is 9.90 Å². The summed E-state index contributed by atoms with van der Waals surface area (Å²) in [5, 5.41) is 9.23. The highest BCUT2D eigenvalue weighted by Crippen LogP contribution is 2.19. The van der Waals surface area contributed by atoms with Crippen molar-refractivity contribution in [3.63, 3.8) is 0 Å². The summed E-state index contributed by atoms with van der Waals surface area (Å²) in [7, 11) is 0. The van der Waals surface area contributed by atoms with E-state index in [9.17, 15) is 9.90 Å². The zero-order chi connectivity index (χ0) is 13.0. The molecule has 2 aromatic rings. The Labute approximate surface area is 104 Å². The van der Waals surface area contributed by atoms with E-state index in [1.54, 1.807) is 48.7 Å². The third-order valence-corrected chi connectivity index (χ3v) is 2.43. The quantitative estimate of drug-likeness (QED) is 0.637. The molecule has 0 unspecified atom stereocenters. The number of nitrogen functional groups attached to an aromatic ring is 1. The Morgan fingerprint density at radius 3 is 2.44 bits per heavy atom. The zero-order valence-electron chi connectivity index (χ0n) is 9.58. The lowest BCUT2D eigenvalue weighted by atomic mass is 10.0. The van der Waals surface area contributed by atoms with Gasteiger partial charge in [0.2, 0.25) is 0 Å². The average Bonchev–Trinajstić information content (AvgIpc) is 2.38. The van der Waals surface area contributed by atoms with Crippen molar-refractivity contribution >= 4 is 23.3 Å². The molecule has 1 aromatic heterocycles. The second kappa shape index (κ2) is 5.14. The van der Waals surface area contributed by atoms with Crippen LogP contribution >= 0.6 is 0 Å². The van der Waals surface area contributed by atoms with Crippen LogP contribution < -0.4 is 5.73 Å². The SMILES string of the molecule is Nc1ccc(/C(=C/c2ccccn2)C(=O)O)cc1. The van der Waals surface area contributed by atoms with Gasteiger partial charge in [-0.15, -0.1) is 0 Å². The lowest BCUT2D eigenvalue weighted by Crippen LogP contribution is -2.00. The minimum absolute atomic E-state index is 0.189. The standard InChI is InChI=1S/C14H12N2O2/c15-11-6-4-10(5-7-11)13(14(17)18)9-12-3-1-2-8-16-12/h1-9H,15H2,(H,17,18)/b13-9-. The molecule has 0 radical (unpaired) electrons. The number of benzene rings is 1. The molecule has 0 atom stereocenters. The van der Waals surface area contributed by atoms with E-state index in [-0.39, 0.29) is 5.57 Å². The van der Waals surface area contributed by atoms with Crippen LogP contribution in [0.4, 0.5) is 5.69 Å². The monoisotopic (exact) mass is 240 g/mol. The highest BCUT2D eigenvalue weighted by Gasteiger charge is 2.10. The average molecular weight is 240 g/mol. The number of anilines is 1. The zero-order valence-corrected chi connectivity index (χ0v) is 9.58. The van der Waals surface area contributed by atoms with Gasteiger partial charge >= 0.3 is 5.97 Å². The van der Waals surface area contributed by atoms with E-state index in [0.29, 0.717) is 16.9 Å². The second-order valence-electron chi connectivity index (χ2n) is 3.74. The van der Waals surface area contributed by atoms with Gasteiger partial charge in [0.25, 0.3) is 0 Å². The predicted octanol–water partition coefficient (Wildman–Crippen LogP) is 2.29. The molecule has 18 heavy (non-hydrogen) atoms. The normalized spacial score (nSPS) is 11.2. The van der Waals surface area contributed by atoms with Crippen molar-refractivity contribution in [2.45, 2.75) is 0 Å². The molecular weight excluding hydrogens is 228 g/mol. The number of aromatic nitrogens is 1. The van der Waals surface area contributed by atoms with Crippen LogP contribution in [-0.4, -0.2) is 16.1 Å². The van der Waals surface area contributed by atoms with Crippen LogP contribution in [0.5, 0.6) is 0 Å². The van der Waals surface area contributed by atoms with Crippen molar-refractivity contribution in [1.29, 1.82) is 0 Å². The Morgan fingerprint density at radius 1 is 1.17 bits per heavy atom. The first-order valence-corrected chi connectivity index (χ1v) is 5.39. The number of hydrogen-bond donors (Lipinski definition) is 2. The summed E-state index contributed by atoms with van der Waals surface area (Å²) in [4.78, 5) is 15.3. The van der Waals surface area contributed by atoms with Crippen molar-refractivity contribution in [3.05, 3.63) is 59.9 Å². The Hall–Kier alpha value is -2.62. The van der Waals surface area contributed by atoms with E-state index < -0.39 is 5.97 Å². The van der Waals surface area contributed by atoms with Gasteiger partial charge in [-0.05, 0) is 35.9 Å². The molecule has 0 aliphatic rings. The lowest BCUT2D eigenvalue weighted by Gasteiger charge is -2.03. The number of hydrogen-bond acceptors (Lipinski definition) is 3. The molecule has 90 valence electrons. The van der Waals surface area contributed by atoms with E-state index in [4.69, 9.17) is 5.73 Å². The number of carbonyl (C=O) groups is 1. The molecule has 0 fully saturated rings. The van der Waals surface area contributed by atoms with E-state index in [0.717, 1.165) is 0 Å². The fourth-order valence-corrected chi connectivity index (χ4v) is 1.54. The van der Waals surface area contributed by atoms with Crippen molar-refractivity contribution in [2.75, 3.05) is 5.73 Å². The first-order valence-electron chi connectivity index (χ1n) is 5.39. The maximum Gasteiger partial charge on any atom is 0.336 e. The first kappa shape index (κ1) is 11.9. The van der Waals surface area contributed by atoms with Gasteiger partial charge in [-0.1, -0.05) is 18.2 Å². The summed E-state index contributed by atoms with van der Waals surface area (Å²) in [6, 6.07) is 12.0. The molecule has 2 rings (SSSR count). The summed E-state index contributed by atoms with van der Waals surface area (Å²) in [6.07, 6.45) is 3.15. The Balaban J connectivity index is 2.44. The Morgan fingerprint density at radius 2 is 1.89 bits per heavy atom. The van der Waals surface area contributed by atoms with Crippen LogP contribution in [0.3, 0.4) is 0 Å². The minimum atomic E-state index is -0.995. The van der Waals surface area contributed by atoms with Crippen molar-refractivity contribution in [2.24, 2.45) is 0 Å². The summed E-state index contributed by atoms with van der Waals surface area (Å²) >= 11 is 0. The van der Waals surface area contributed by atoms with Gasteiger partial charge in [0, 0.05) is 11.9 Å². The smallest absolute Gasteiger partial charge is 0.336 e. The van der Waals surface area contributed by atoms with Crippen LogP contribution in [0, 0.1) is 0 Å². The number of carboxylic acid groups (broad SMARTS) is 1. The number of aliphatic carboxylic acids is 1. The minimum Gasteiger partial charge on any atom is -0.478 e. The van der Waals surface area contributed by atoms with Crippen LogP contribution in [0.25, 0.3) is 11.6 Å². The van der Waals surface area contributed by atoms with Gasteiger partial charge in [0.05, 0.1) is 11.3 Å². The van der Waals surface area contributed by atoms with Gasteiger partial charge in [-0.3, -0.25) is 4.98 Å². The third kappa shape index (κ3) is 2.74. The lowest BCUT2D eigenvalue weighted by molar-refractivity contribution is -0.130. The summed E-state index contributed by atoms with van der Waals surface area (Å²) in [5.74, 6) is -0.995. The van der Waals surface area contributed by atoms with Crippen LogP contribution in [0.1, 0.15) is 11.3 Å². The summed E-state index contributed by atoms with van der Waals surface area (Å²) in [5.41, 5.74) is 7.57. The van der Waals surface area contributed by atoms with E-state index in [1.165, 1.54) is 6.08 Å².